The lowest BCUT2D eigenvalue weighted by Crippen LogP contribution is -2.25. The van der Waals surface area contributed by atoms with Crippen LogP contribution in [0.25, 0.3) is 16.7 Å². The van der Waals surface area contributed by atoms with Crippen molar-refractivity contribution in [3.8, 4) is 5.69 Å². The summed E-state index contributed by atoms with van der Waals surface area (Å²) in [7, 11) is 1.52. The Morgan fingerprint density at radius 2 is 2.00 bits per heavy atom. The van der Waals surface area contributed by atoms with Crippen LogP contribution in [0.3, 0.4) is 0 Å². The number of nitrogens with zero attached hydrogens (tertiary/aromatic N) is 3. The Hall–Kier alpha value is -3.10. The van der Waals surface area contributed by atoms with Gasteiger partial charge in [0.15, 0.2) is 0 Å². The molecular weight excluding hydrogens is 323 g/mol. The number of aromatic nitrogens is 3. The van der Waals surface area contributed by atoms with Crippen LogP contribution in [0.5, 0.6) is 0 Å². The first-order valence-corrected chi connectivity index (χ1v) is 6.85. The number of halogens is 3. The van der Waals surface area contributed by atoms with Crippen molar-refractivity contribution in [2.45, 2.75) is 6.18 Å². The van der Waals surface area contributed by atoms with Gasteiger partial charge < -0.3 is 11.1 Å². The number of nitrogens with two attached hydrogens (primary N) is 1. The molecule has 0 bridgehead atoms. The summed E-state index contributed by atoms with van der Waals surface area (Å²) < 4.78 is 40.1. The standard InChI is InChI=1S/C15H12F3N5O/c1-20-12-9-4-5-10(15(16,17)18)22-13(9)23(14(24)11(12)19)8-3-2-6-21-7-8/h2-7,20H,19H2,1H3. The first kappa shape index (κ1) is 15.8. The molecule has 0 fully saturated rings. The SMILES string of the molecule is CNc1c(N)c(=O)n(-c2cccnc2)c2nc(C(F)(F)F)ccc12. The molecule has 0 radical (unpaired) electrons. The Morgan fingerprint density at radius 1 is 1.25 bits per heavy atom. The minimum atomic E-state index is -4.63. The third kappa shape index (κ3) is 2.43. The van der Waals surface area contributed by atoms with E-state index in [1.54, 1.807) is 6.07 Å². The molecule has 6 nitrogen and oxygen atoms in total. The molecule has 0 aliphatic heterocycles. The number of rotatable bonds is 2. The molecule has 0 saturated carbocycles. The fourth-order valence-corrected chi connectivity index (χ4v) is 2.44. The average Bonchev–Trinajstić information content (AvgIpc) is 2.56. The number of nitrogens with one attached hydrogen (secondary N) is 1. The number of alkyl halides is 3. The quantitative estimate of drug-likeness (QED) is 0.751. The van der Waals surface area contributed by atoms with E-state index >= 15 is 0 Å². The summed E-state index contributed by atoms with van der Waals surface area (Å²) in [5, 5.41) is 3.04. The van der Waals surface area contributed by atoms with Gasteiger partial charge in [-0.25, -0.2) is 4.98 Å². The zero-order chi connectivity index (χ0) is 17.5. The van der Waals surface area contributed by atoms with Crippen molar-refractivity contribution in [2.75, 3.05) is 18.1 Å². The number of anilines is 2. The zero-order valence-corrected chi connectivity index (χ0v) is 12.4. The molecule has 3 rings (SSSR count). The first-order valence-electron chi connectivity index (χ1n) is 6.85. The van der Waals surface area contributed by atoms with Gasteiger partial charge in [-0.15, -0.1) is 0 Å². The van der Waals surface area contributed by atoms with E-state index in [1.165, 1.54) is 31.6 Å². The Morgan fingerprint density at radius 3 is 2.58 bits per heavy atom. The normalized spacial score (nSPS) is 11.7. The minimum absolute atomic E-state index is 0.115. The van der Waals surface area contributed by atoms with Gasteiger partial charge in [0.1, 0.15) is 17.0 Å². The molecule has 124 valence electrons. The molecule has 0 unspecified atom stereocenters. The molecule has 0 aliphatic carbocycles. The molecule has 0 spiro atoms. The molecular formula is C15H12F3N5O. The highest BCUT2D eigenvalue weighted by Gasteiger charge is 2.33. The second-order valence-corrected chi connectivity index (χ2v) is 4.96. The summed E-state index contributed by atoms with van der Waals surface area (Å²) in [6.07, 6.45) is -1.80. The zero-order valence-electron chi connectivity index (χ0n) is 12.4. The maximum Gasteiger partial charge on any atom is 0.433 e. The summed E-state index contributed by atoms with van der Waals surface area (Å²) >= 11 is 0. The van der Waals surface area contributed by atoms with Crippen molar-refractivity contribution in [1.29, 1.82) is 0 Å². The van der Waals surface area contributed by atoms with Crippen LogP contribution in [0.4, 0.5) is 24.5 Å². The van der Waals surface area contributed by atoms with Crippen molar-refractivity contribution in [3.05, 3.63) is 52.7 Å². The van der Waals surface area contributed by atoms with E-state index in [2.05, 4.69) is 15.3 Å². The van der Waals surface area contributed by atoms with Gasteiger partial charge in [-0.1, -0.05) is 0 Å². The number of fused-ring (bicyclic) bond motifs is 1. The van der Waals surface area contributed by atoms with Crippen LogP contribution in [0.1, 0.15) is 5.69 Å². The molecule has 0 aromatic carbocycles. The maximum absolute atomic E-state index is 13.0. The highest BCUT2D eigenvalue weighted by molar-refractivity contribution is 5.96. The van der Waals surface area contributed by atoms with Gasteiger partial charge in [0.2, 0.25) is 0 Å². The molecule has 3 heterocycles. The molecule has 0 atom stereocenters. The fourth-order valence-electron chi connectivity index (χ4n) is 2.44. The summed E-state index contributed by atoms with van der Waals surface area (Å²) in [5.74, 6) is 0. The van der Waals surface area contributed by atoms with Crippen molar-refractivity contribution in [3.63, 3.8) is 0 Å². The number of pyridine rings is 3. The predicted molar refractivity (Wildman–Crippen MR) is 84.1 cm³/mol. The monoisotopic (exact) mass is 335 g/mol. The molecule has 3 N–H and O–H groups in total. The summed E-state index contributed by atoms with van der Waals surface area (Å²) in [6.45, 7) is 0. The van der Waals surface area contributed by atoms with E-state index in [9.17, 15) is 18.0 Å². The van der Waals surface area contributed by atoms with Gasteiger partial charge in [-0.2, -0.15) is 13.2 Å². The number of hydrogen-bond donors (Lipinski definition) is 2. The maximum atomic E-state index is 13.0. The average molecular weight is 335 g/mol. The van der Waals surface area contributed by atoms with E-state index in [0.29, 0.717) is 5.39 Å². The topological polar surface area (TPSA) is 85.8 Å². The highest BCUT2D eigenvalue weighted by Crippen LogP contribution is 2.32. The molecule has 3 aromatic heterocycles. The van der Waals surface area contributed by atoms with Crippen LogP contribution in [-0.2, 0) is 6.18 Å². The van der Waals surface area contributed by atoms with E-state index in [0.717, 1.165) is 10.6 Å². The van der Waals surface area contributed by atoms with Crippen LogP contribution in [0, 0.1) is 0 Å². The molecule has 0 amide bonds. The van der Waals surface area contributed by atoms with Gasteiger partial charge in [0.25, 0.3) is 5.56 Å². The van der Waals surface area contributed by atoms with Crippen LogP contribution < -0.4 is 16.6 Å². The van der Waals surface area contributed by atoms with Crippen LogP contribution >= 0.6 is 0 Å². The Bertz CT molecular complexity index is 967. The highest BCUT2D eigenvalue weighted by atomic mass is 19.4. The smallest absolute Gasteiger partial charge is 0.393 e. The lowest BCUT2D eigenvalue weighted by molar-refractivity contribution is -0.141. The van der Waals surface area contributed by atoms with Crippen molar-refractivity contribution in [2.24, 2.45) is 0 Å². The number of hydrogen-bond acceptors (Lipinski definition) is 5. The van der Waals surface area contributed by atoms with Crippen LogP contribution in [0.2, 0.25) is 0 Å². The Labute approximate surface area is 133 Å². The van der Waals surface area contributed by atoms with E-state index in [1.807, 2.05) is 0 Å². The molecule has 0 aliphatic rings. The summed E-state index contributed by atoms with van der Waals surface area (Å²) in [6, 6.07) is 5.18. The second kappa shape index (κ2) is 5.52. The van der Waals surface area contributed by atoms with Crippen molar-refractivity contribution >= 4 is 22.4 Å². The lowest BCUT2D eigenvalue weighted by atomic mass is 10.2. The van der Waals surface area contributed by atoms with E-state index < -0.39 is 17.4 Å². The van der Waals surface area contributed by atoms with Gasteiger partial charge in [-0.05, 0) is 24.3 Å². The van der Waals surface area contributed by atoms with Gasteiger partial charge in [0, 0.05) is 18.6 Å². The largest absolute Gasteiger partial charge is 0.433 e. The third-order valence-electron chi connectivity index (χ3n) is 3.50. The number of nitrogen functional groups attached to an aromatic ring is 1. The predicted octanol–water partition coefficient (Wildman–Crippen LogP) is 2.42. The molecule has 9 heteroatoms. The van der Waals surface area contributed by atoms with Gasteiger partial charge in [-0.3, -0.25) is 14.3 Å². The minimum Gasteiger partial charge on any atom is -0.393 e. The van der Waals surface area contributed by atoms with Crippen molar-refractivity contribution in [1.82, 2.24) is 14.5 Å². The van der Waals surface area contributed by atoms with Crippen LogP contribution in [-0.4, -0.2) is 21.6 Å². The molecule has 24 heavy (non-hydrogen) atoms. The Balaban J connectivity index is 2.49. The first-order chi connectivity index (χ1) is 11.3. The lowest BCUT2D eigenvalue weighted by Gasteiger charge is -2.16. The van der Waals surface area contributed by atoms with E-state index in [-0.39, 0.29) is 22.7 Å². The Kier molecular flexibility index (Phi) is 3.63. The van der Waals surface area contributed by atoms with Crippen LogP contribution in [0.15, 0.2) is 41.5 Å². The summed E-state index contributed by atoms with van der Waals surface area (Å²) in [5.41, 5.74) is 4.32. The molecule has 0 saturated heterocycles. The third-order valence-corrected chi connectivity index (χ3v) is 3.50. The summed E-state index contributed by atoms with van der Waals surface area (Å²) in [4.78, 5) is 20.1. The van der Waals surface area contributed by atoms with Gasteiger partial charge in [0.05, 0.1) is 17.6 Å². The van der Waals surface area contributed by atoms with E-state index in [4.69, 9.17) is 5.73 Å². The second-order valence-electron chi connectivity index (χ2n) is 4.96. The molecule has 3 aromatic rings. The van der Waals surface area contributed by atoms with Gasteiger partial charge >= 0.3 is 6.18 Å². The van der Waals surface area contributed by atoms with Crippen molar-refractivity contribution < 1.29 is 13.2 Å². The fraction of sp³-hybridized carbons (Fsp3) is 0.133.